The van der Waals surface area contributed by atoms with Gasteiger partial charge in [-0.15, -0.1) is 0 Å². The normalized spacial score (nSPS) is 11.4. The van der Waals surface area contributed by atoms with Gasteiger partial charge in [0.1, 0.15) is 12.4 Å². The number of ether oxygens (including phenoxy) is 1. The molecule has 0 spiro atoms. The molecule has 6 nitrogen and oxygen atoms in total. The van der Waals surface area contributed by atoms with Gasteiger partial charge in [0.05, 0.1) is 12.9 Å². The molecule has 0 heterocycles. The van der Waals surface area contributed by atoms with Gasteiger partial charge in [0, 0.05) is 13.1 Å². The zero-order valence-corrected chi connectivity index (χ0v) is 18.0. The molecule has 158 valence electrons. The molecule has 2 aromatic carbocycles. The third kappa shape index (κ3) is 9.11. The fraction of sp³-hybridized carbons (Fsp3) is 0.409. The first-order valence-corrected chi connectivity index (χ1v) is 11.4. The maximum absolute atomic E-state index is 12.7. The van der Waals surface area contributed by atoms with Crippen molar-refractivity contribution in [1.29, 1.82) is 0 Å². The highest BCUT2D eigenvalue weighted by Gasteiger charge is 2.15. The Balaban J connectivity index is 1.96. The van der Waals surface area contributed by atoms with Crippen LogP contribution in [0.3, 0.4) is 0 Å². The van der Waals surface area contributed by atoms with E-state index in [1.807, 2.05) is 30.3 Å². The van der Waals surface area contributed by atoms with E-state index in [2.05, 4.69) is 13.8 Å². The second kappa shape index (κ2) is 11.0. The van der Waals surface area contributed by atoms with Gasteiger partial charge in [-0.05, 0) is 35.6 Å². The quantitative estimate of drug-likeness (QED) is 0.520. The molecule has 0 aliphatic rings. The molecule has 0 bridgehead atoms. The highest BCUT2D eigenvalue weighted by molar-refractivity contribution is 7.86. The topological polar surface area (TPSA) is 72.9 Å². The predicted octanol–water partition coefficient (Wildman–Crippen LogP) is 3.62. The monoisotopic (exact) mass is 419 g/mol. The van der Waals surface area contributed by atoms with Crippen LogP contribution < -0.4 is 4.18 Å². The molecule has 0 saturated carbocycles. The van der Waals surface area contributed by atoms with Crippen molar-refractivity contribution in [3.8, 4) is 5.75 Å². The van der Waals surface area contributed by atoms with E-state index < -0.39 is 10.1 Å². The van der Waals surface area contributed by atoms with Crippen LogP contribution in [0.2, 0.25) is 0 Å². The molecule has 0 radical (unpaired) electrons. The van der Waals surface area contributed by atoms with E-state index in [4.69, 9.17) is 8.92 Å². The number of hydrogen-bond acceptors (Lipinski definition) is 5. The van der Waals surface area contributed by atoms with Crippen molar-refractivity contribution in [1.82, 2.24) is 4.90 Å². The number of benzene rings is 2. The Morgan fingerprint density at radius 2 is 1.66 bits per heavy atom. The number of rotatable bonds is 11. The van der Waals surface area contributed by atoms with Gasteiger partial charge >= 0.3 is 10.1 Å². The van der Waals surface area contributed by atoms with E-state index in [-0.39, 0.29) is 18.3 Å². The third-order valence-electron chi connectivity index (χ3n) is 4.21. The van der Waals surface area contributed by atoms with E-state index in [0.29, 0.717) is 25.6 Å². The number of amides is 1. The minimum Gasteiger partial charge on any atom is -0.383 e. The summed E-state index contributed by atoms with van der Waals surface area (Å²) in [5.74, 6) is 0.654. The molecular weight excluding hydrogens is 390 g/mol. The van der Waals surface area contributed by atoms with Crippen molar-refractivity contribution in [2.45, 2.75) is 33.4 Å². The van der Waals surface area contributed by atoms with Crippen molar-refractivity contribution >= 4 is 16.0 Å². The molecule has 0 saturated heterocycles. The molecule has 0 aromatic heterocycles. The molecular formula is C22H29NO5S. The van der Waals surface area contributed by atoms with Crippen molar-refractivity contribution in [3.05, 3.63) is 65.7 Å². The summed E-state index contributed by atoms with van der Waals surface area (Å²) < 4.78 is 32.9. The Hall–Kier alpha value is -2.38. The van der Waals surface area contributed by atoms with E-state index in [0.717, 1.165) is 23.8 Å². The lowest BCUT2D eigenvalue weighted by molar-refractivity contribution is -0.137. The molecule has 0 fully saturated rings. The zero-order valence-electron chi connectivity index (χ0n) is 17.2. The Bertz CT molecular complexity index is 864. The highest BCUT2D eigenvalue weighted by Crippen LogP contribution is 2.16. The molecule has 0 aliphatic heterocycles. The first kappa shape index (κ1) is 22.9. The summed E-state index contributed by atoms with van der Waals surface area (Å²) >= 11 is 0. The summed E-state index contributed by atoms with van der Waals surface area (Å²) in [6, 6.07) is 16.4. The fourth-order valence-electron chi connectivity index (χ4n) is 2.67. The van der Waals surface area contributed by atoms with Crippen LogP contribution in [0.15, 0.2) is 54.6 Å². The van der Waals surface area contributed by atoms with Crippen molar-refractivity contribution in [3.63, 3.8) is 0 Å². The molecule has 0 unspecified atom stereocenters. The van der Waals surface area contributed by atoms with Gasteiger partial charge in [0.25, 0.3) is 0 Å². The molecule has 0 atom stereocenters. The van der Waals surface area contributed by atoms with Crippen LogP contribution in [0.4, 0.5) is 0 Å². The summed E-state index contributed by atoms with van der Waals surface area (Å²) in [4.78, 5) is 14.5. The smallest absolute Gasteiger partial charge is 0.306 e. The van der Waals surface area contributed by atoms with Gasteiger partial charge < -0.3 is 13.8 Å². The SMILES string of the molecule is CC(C)CCN(Cc1ccc(OS(C)(=O)=O)cc1)C(=O)COCc1ccccc1. The van der Waals surface area contributed by atoms with Crippen LogP contribution in [0.25, 0.3) is 0 Å². The minimum absolute atomic E-state index is 0.0161. The maximum atomic E-state index is 12.7. The molecule has 2 rings (SSSR count). The van der Waals surface area contributed by atoms with Crippen molar-refractivity contribution < 1.29 is 22.1 Å². The van der Waals surface area contributed by atoms with Gasteiger partial charge in [-0.25, -0.2) is 0 Å². The predicted molar refractivity (Wildman–Crippen MR) is 113 cm³/mol. The Morgan fingerprint density at radius 1 is 1.00 bits per heavy atom. The van der Waals surface area contributed by atoms with E-state index in [1.165, 1.54) is 0 Å². The first-order chi connectivity index (χ1) is 13.7. The lowest BCUT2D eigenvalue weighted by atomic mass is 10.1. The first-order valence-electron chi connectivity index (χ1n) is 9.61. The second-order valence-corrected chi connectivity index (χ2v) is 8.98. The Morgan fingerprint density at radius 3 is 2.24 bits per heavy atom. The van der Waals surface area contributed by atoms with Crippen LogP contribution in [-0.4, -0.2) is 38.6 Å². The average molecular weight is 420 g/mol. The molecule has 7 heteroatoms. The summed E-state index contributed by atoms with van der Waals surface area (Å²) in [6.45, 7) is 5.70. The largest absolute Gasteiger partial charge is 0.383 e. The number of nitrogens with zero attached hydrogens (tertiary/aromatic N) is 1. The van der Waals surface area contributed by atoms with Crippen LogP contribution in [0, 0.1) is 5.92 Å². The zero-order chi connectivity index (χ0) is 21.3. The number of hydrogen-bond donors (Lipinski definition) is 0. The number of carbonyl (C=O) groups excluding carboxylic acids is 1. The van der Waals surface area contributed by atoms with E-state index in [9.17, 15) is 13.2 Å². The van der Waals surface area contributed by atoms with Crippen LogP contribution in [-0.2, 0) is 32.8 Å². The van der Waals surface area contributed by atoms with Crippen LogP contribution >= 0.6 is 0 Å². The van der Waals surface area contributed by atoms with E-state index >= 15 is 0 Å². The number of carbonyl (C=O) groups is 1. The average Bonchev–Trinajstić information content (AvgIpc) is 2.66. The van der Waals surface area contributed by atoms with Crippen LogP contribution in [0.5, 0.6) is 5.75 Å². The molecule has 0 N–H and O–H groups in total. The third-order valence-corrected chi connectivity index (χ3v) is 4.71. The van der Waals surface area contributed by atoms with Gasteiger partial charge in [-0.1, -0.05) is 56.3 Å². The fourth-order valence-corrected chi connectivity index (χ4v) is 3.13. The van der Waals surface area contributed by atoms with Gasteiger partial charge in [0.15, 0.2) is 0 Å². The second-order valence-electron chi connectivity index (χ2n) is 7.41. The van der Waals surface area contributed by atoms with Gasteiger partial charge in [-0.2, -0.15) is 8.42 Å². The van der Waals surface area contributed by atoms with Crippen molar-refractivity contribution in [2.24, 2.45) is 5.92 Å². The Labute approximate surface area is 173 Å². The van der Waals surface area contributed by atoms with Gasteiger partial charge in [-0.3, -0.25) is 4.79 Å². The Kier molecular flexibility index (Phi) is 8.67. The molecule has 29 heavy (non-hydrogen) atoms. The lowest BCUT2D eigenvalue weighted by Crippen LogP contribution is -2.35. The van der Waals surface area contributed by atoms with Gasteiger partial charge in [0.2, 0.25) is 5.91 Å². The van der Waals surface area contributed by atoms with Crippen molar-refractivity contribution in [2.75, 3.05) is 19.4 Å². The summed E-state index contributed by atoms with van der Waals surface area (Å²) in [5, 5.41) is 0. The van der Waals surface area contributed by atoms with Crippen LogP contribution in [0.1, 0.15) is 31.4 Å². The molecule has 2 aromatic rings. The lowest BCUT2D eigenvalue weighted by Gasteiger charge is -2.24. The minimum atomic E-state index is -3.56. The molecule has 1 amide bonds. The molecule has 0 aliphatic carbocycles. The maximum Gasteiger partial charge on any atom is 0.306 e. The summed E-state index contributed by atoms with van der Waals surface area (Å²) in [5.41, 5.74) is 1.92. The highest BCUT2D eigenvalue weighted by atomic mass is 32.2. The van der Waals surface area contributed by atoms with E-state index in [1.54, 1.807) is 29.2 Å². The summed E-state index contributed by atoms with van der Waals surface area (Å²) in [6.07, 6.45) is 1.89. The standard InChI is InChI=1S/C22H29NO5S/c1-18(2)13-14-23(22(24)17-27-16-20-7-5-4-6-8-20)15-19-9-11-21(12-10-19)28-29(3,25)26/h4-12,18H,13-17H2,1-3H3. The summed E-state index contributed by atoms with van der Waals surface area (Å²) in [7, 11) is -3.56.